The van der Waals surface area contributed by atoms with Gasteiger partial charge in [-0.1, -0.05) is 74.0 Å². The highest BCUT2D eigenvalue weighted by molar-refractivity contribution is 6.31. The second-order valence-corrected chi connectivity index (χ2v) is 11.6. The van der Waals surface area contributed by atoms with E-state index in [1.807, 2.05) is 66.7 Å². The summed E-state index contributed by atoms with van der Waals surface area (Å²) in [6.45, 7) is 0.427. The van der Waals surface area contributed by atoms with Gasteiger partial charge in [-0.15, -0.1) is 0 Å². The van der Waals surface area contributed by atoms with Crippen LogP contribution in [0.25, 0.3) is 22.4 Å². The van der Waals surface area contributed by atoms with Gasteiger partial charge in [-0.25, -0.2) is 4.98 Å². The Morgan fingerprint density at radius 1 is 1.05 bits per heavy atom. The van der Waals surface area contributed by atoms with Gasteiger partial charge in [0.1, 0.15) is 11.9 Å². The van der Waals surface area contributed by atoms with Crippen LogP contribution in [0.2, 0.25) is 5.02 Å². The minimum absolute atomic E-state index is 0.0391. The minimum Gasteiger partial charge on any atom is -0.374 e. The standard InChI is InChI=1S/C34H36ClN5O3/c35-27-13-16-30-31(19-27)40-33(39-30)25-11-14-28(15-12-25)37-32(41)18-26(17-23-7-3-1-4-8-23)34(42)38-29(20-36)22-43-21-24-9-5-2-6-10-24/h2,5-6,9-16,19,23,26,29H,1,3-4,7-8,17-18,21-22H2,(H,37,41)(H,38,42)(H,39,40)/t26-,29?/m1/s1. The number of aromatic amines is 1. The van der Waals surface area contributed by atoms with Crippen molar-refractivity contribution < 1.29 is 14.3 Å². The minimum atomic E-state index is -0.796. The number of imidazole rings is 1. The van der Waals surface area contributed by atoms with Gasteiger partial charge in [-0.05, 0) is 60.4 Å². The SMILES string of the molecule is N#CC(COCc1ccccc1)NC(=O)[C@@H](CC(=O)Nc1ccc(-c2nc3ccc(Cl)cc3[nH]2)cc1)CC1CCCCC1. The monoisotopic (exact) mass is 597 g/mol. The van der Waals surface area contributed by atoms with Gasteiger partial charge >= 0.3 is 0 Å². The molecule has 0 bridgehead atoms. The number of aromatic nitrogens is 2. The maximum absolute atomic E-state index is 13.4. The zero-order chi connectivity index (χ0) is 30.0. The van der Waals surface area contributed by atoms with Crippen LogP contribution in [0.1, 0.15) is 50.5 Å². The molecule has 2 atom stereocenters. The number of carbonyl (C=O) groups excluding carboxylic acids is 2. The molecular formula is C34H36ClN5O3. The number of amides is 2. The number of anilines is 1. The predicted molar refractivity (Wildman–Crippen MR) is 168 cm³/mol. The van der Waals surface area contributed by atoms with Crippen molar-refractivity contribution in [1.82, 2.24) is 15.3 Å². The Kier molecular flexibility index (Phi) is 10.4. The molecule has 0 radical (unpaired) electrons. The van der Waals surface area contributed by atoms with Gasteiger partial charge in [0, 0.05) is 28.6 Å². The summed E-state index contributed by atoms with van der Waals surface area (Å²) >= 11 is 6.09. The fourth-order valence-electron chi connectivity index (χ4n) is 5.64. The number of nitrogens with zero attached hydrogens (tertiary/aromatic N) is 2. The molecule has 5 rings (SSSR count). The van der Waals surface area contributed by atoms with E-state index in [-0.39, 0.29) is 24.8 Å². The fourth-order valence-corrected chi connectivity index (χ4v) is 5.82. The van der Waals surface area contributed by atoms with Gasteiger partial charge in [-0.3, -0.25) is 9.59 Å². The number of ether oxygens (including phenoxy) is 1. The zero-order valence-corrected chi connectivity index (χ0v) is 24.8. The molecule has 0 spiro atoms. The van der Waals surface area contributed by atoms with Gasteiger partial charge in [0.05, 0.1) is 30.3 Å². The lowest BCUT2D eigenvalue weighted by Crippen LogP contribution is -2.42. The van der Waals surface area contributed by atoms with Crippen molar-refractivity contribution in [2.24, 2.45) is 11.8 Å². The molecule has 0 aliphatic heterocycles. The predicted octanol–water partition coefficient (Wildman–Crippen LogP) is 7.02. The lowest BCUT2D eigenvalue weighted by molar-refractivity contribution is -0.130. The Hall–Kier alpha value is -4.19. The average Bonchev–Trinajstić information content (AvgIpc) is 3.45. The van der Waals surface area contributed by atoms with Gasteiger partial charge in [0.25, 0.3) is 0 Å². The molecule has 1 aliphatic carbocycles. The van der Waals surface area contributed by atoms with Gasteiger partial charge in [0.2, 0.25) is 11.8 Å². The zero-order valence-electron chi connectivity index (χ0n) is 24.0. The Labute approximate surface area is 256 Å². The topological polar surface area (TPSA) is 120 Å². The van der Waals surface area contributed by atoms with Gasteiger partial charge < -0.3 is 20.4 Å². The molecule has 3 N–H and O–H groups in total. The molecule has 1 fully saturated rings. The molecule has 0 saturated heterocycles. The highest BCUT2D eigenvalue weighted by Crippen LogP contribution is 2.31. The number of carbonyl (C=O) groups is 2. The van der Waals surface area contributed by atoms with Gasteiger partial charge in [0.15, 0.2) is 0 Å². The van der Waals surface area contributed by atoms with Crippen LogP contribution in [0.4, 0.5) is 5.69 Å². The smallest absolute Gasteiger partial charge is 0.225 e. The van der Waals surface area contributed by atoms with Crippen LogP contribution < -0.4 is 10.6 Å². The molecule has 1 unspecified atom stereocenters. The molecule has 1 aliphatic rings. The maximum Gasteiger partial charge on any atom is 0.225 e. The lowest BCUT2D eigenvalue weighted by atomic mass is 9.81. The second kappa shape index (κ2) is 14.8. The summed E-state index contributed by atoms with van der Waals surface area (Å²) in [5, 5.41) is 16.1. The summed E-state index contributed by atoms with van der Waals surface area (Å²) in [4.78, 5) is 34.4. The van der Waals surface area contributed by atoms with Crippen molar-refractivity contribution >= 4 is 40.1 Å². The molecule has 1 heterocycles. The number of hydrogen-bond acceptors (Lipinski definition) is 5. The molecular weight excluding hydrogens is 562 g/mol. The summed E-state index contributed by atoms with van der Waals surface area (Å²) < 4.78 is 5.70. The molecule has 3 aromatic carbocycles. The fraction of sp³-hybridized carbons (Fsp3) is 0.353. The van der Waals surface area contributed by atoms with E-state index < -0.39 is 12.0 Å². The third-order valence-electron chi connectivity index (χ3n) is 7.90. The molecule has 9 heteroatoms. The van der Waals surface area contributed by atoms with E-state index >= 15 is 0 Å². The first-order chi connectivity index (χ1) is 21.0. The Morgan fingerprint density at radius 3 is 2.56 bits per heavy atom. The van der Waals surface area contributed by atoms with E-state index in [4.69, 9.17) is 16.3 Å². The van der Waals surface area contributed by atoms with Crippen molar-refractivity contribution in [3.63, 3.8) is 0 Å². The highest BCUT2D eigenvalue weighted by atomic mass is 35.5. The Balaban J connectivity index is 1.19. The number of fused-ring (bicyclic) bond motifs is 1. The van der Waals surface area contributed by atoms with Crippen molar-refractivity contribution in [2.75, 3.05) is 11.9 Å². The molecule has 4 aromatic rings. The van der Waals surface area contributed by atoms with E-state index in [1.54, 1.807) is 6.07 Å². The lowest BCUT2D eigenvalue weighted by Gasteiger charge is -2.26. The first kappa shape index (κ1) is 30.3. The van der Waals surface area contributed by atoms with Gasteiger partial charge in [-0.2, -0.15) is 5.26 Å². The molecule has 43 heavy (non-hydrogen) atoms. The maximum atomic E-state index is 13.4. The summed E-state index contributed by atoms with van der Waals surface area (Å²) in [5.74, 6) is 0.0471. The number of H-pyrrole nitrogens is 1. The van der Waals surface area contributed by atoms with Crippen LogP contribution in [-0.4, -0.2) is 34.4 Å². The first-order valence-corrected chi connectivity index (χ1v) is 15.2. The highest BCUT2D eigenvalue weighted by Gasteiger charge is 2.28. The molecule has 1 saturated carbocycles. The van der Waals surface area contributed by atoms with Crippen LogP contribution in [0, 0.1) is 23.2 Å². The normalized spacial score (nSPS) is 15.0. The Morgan fingerprint density at radius 2 is 1.81 bits per heavy atom. The quantitative estimate of drug-likeness (QED) is 0.162. The molecule has 222 valence electrons. The van der Waals surface area contributed by atoms with Crippen LogP contribution in [0.3, 0.4) is 0 Å². The number of nitriles is 1. The van der Waals surface area contributed by atoms with Crippen molar-refractivity contribution in [2.45, 2.75) is 57.6 Å². The van der Waals surface area contributed by atoms with Crippen LogP contribution in [-0.2, 0) is 20.9 Å². The van der Waals surface area contributed by atoms with E-state index in [0.29, 0.717) is 35.5 Å². The average molecular weight is 598 g/mol. The second-order valence-electron chi connectivity index (χ2n) is 11.2. The van der Waals surface area contributed by atoms with E-state index in [0.717, 1.165) is 47.8 Å². The molecule has 2 amide bonds. The summed E-state index contributed by atoms with van der Waals surface area (Å²) in [6, 6.07) is 23.9. The van der Waals surface area contributed by atoms with Crippen molar-refractivity contribution in [3.05, 3.63) is 83.4 Å². The molecule has 8 nitrogen and oxygen atoms in total. The molecule has 1 aromatic heterocycles. The number of rotatable bonds is 12. The van der Waals surface area contributed by atoms with Crippen LogP contribution in [0.15, 0.2) is 72.8 Å². The summed E-state index contributed by atoms with van der Waals surface area (Å²) in [7, 11) is 0. The Bertz CT molecular complexity index is 1560. The number of halogens is 1. The van der Waals surface area contributed by atoms with E-state index in [2.05, 4.69) is 26.7 Å². The van der Waals surface area contributed by atoms with Crippen molar-refractivity contribution in [3.8, 4) is 17.5 Å². The first-order valence-electron chi connectivity index (χ1n) is 14.8. The van der Waals surface area contributed by atoms with E-state index in [9.17, 15) is 14.9 Å². The van der Waals surface area contributed by atoms with E-state index in [1.165, 1.54) is 6.42 Å². The third-order valence-corrected chi connectivity index (χ3v) is 8.13. The summed E-state index contributed by atoms with van der Waals surface area (Å²) in [5.41, 5.74) is 4.17. The number of nitrogens with one attached hydrogen (secondary N) is 3. The van der Waals surface area contributed by atoms with Crippen molar-refractivity contribution in [1.29, 1.82) is 5.26 Å². The largest absolute Gasteiger partial charge is 0.374 e. The number of hydrogen-bond donors (Lipinski definition) is 3. The van der Waals surface area contributed by atoms with Crippen LogP contribution in [0.5, 0.6) is 0 Å². The third kappa shape index (κ3) is 8.66. The number of benzene rings is 3. The summed E-state index contributed by atoms with van der Waals surface area (Å²) in [6.07, 6.45) is 6.27. The van der Waals surface area contributed by atoms with Crippen LogP contribution >= 0.6 is 11.6 Å².